The fourth-order valence-corrected chi connectivity index (χ4v) is 3.02. The average molecular weight is 341 g/mol. The van der Waals surface area contributed by atoms with E-state index in [9.17, 15) is 9.90 Å². The quantitative estimate of drug-likeness (QED) is 0.864. The van der Waals surface area contributed by atoms with Crippen molar-refractivity contribution in [3.63, 3.8) is 0 Å². The first-order valence-corrected chi connectivity index (χ1v) is 8.53. The number of aromatic nitrogens is 1. The van der Waals surface area contributed by atoms with Crippen molar-refractivity contribution in [3.8, 4) is 5.88 Å². The van der Waals surface area contributed by atoms with Crippen molar-refractivity contribution in [1.29, 1.82) is 0 Å². The summed E-state index contributed by atoms with van der Waals surface area (Å²) in [5, 5.41) is 9.93. The van der Waals surface area contributed by atoms with Crippen molar-refractivity contribution in [2.24, 2.45) is 5.92 Å². The van der Waals surface area contributed by atoms with Crippen molar-refractivity contribution in [3.05, 3.63) is 22.8 Å². The molecule has 1 amide bonds. The first-order chi connectivity index (χ1) is 10.9. The van der Waals surface area contributed by atoms with Crippen LogP contribution < -0.4 is 4.74 Å². The van der Waals surface area contributed by atoms with Crippen molar-refractivity contribution < 1.29 is 14.6 Å². The number of nitrogens with zero attached hydrogens (tertiary/aromatic N) is 2. The Hall–Kier alpha value is -1.33. The number of ether oxygens (including phenoxy) is 1. The molecule has 1 N–H and O–H groups in total. The molecule has 0 saturated carbocycles. The standard InChI is InChI=1S/C17H25ClN2O3/c1-11(2)10-23-16-15(18)8-13(9-19-16)17(22)20-6-4-5-14(20)7-12(3)21/h8-9,11-12,14,21H,4-7,10H2,1-3H3. The lowest BCUT2D eigenvalue weighted by Crippen LogP contribution is -2.37. The summed E-state index contributed by atoms with van der Waals surface area (Å²) in [6.07, 6.45) is 3.58. The van der Waals surface area contributed by atoms with E-state index in [1.165, 1.54) is 6.20 Å². The molecule has 1 saturated heterocycles. The zero-order valence-electron chi connectivity index (χ0n) is 14.0. The molecule has 0 aromatic carbocycles. The van der Waals surface area contributed by atoms with Crippen LogP contribution in [0.3, 0.4) is 0 Å². The number of pyridine rings is 1. The number of carbonyl (C=O) groups excluding carboxylic acids is 1. The van der Waals surface area contributed by atoms with Crippen LogP contribution in [0.2, 0.25) is 5.02 Å². The Labute approximate surface area is 142 Å². The van der Waals surface area contributed by atoms with Crippen molar-refractivity contribution in [2.75, 3.05) is 13.2 Å². The van der Waals surface area contributed by atoms with Gasteiger partial charge in [0, 0.05) is 18.8 Å². The number of hydrogen-bond donors (Lipinski definition) is 1. The van der Waals surface area contributed by atoms with Gasteiger partial charge in [-0.15, -0.1) is 0 Å². The van der Waals surface area contributed by atoms with E-state index in [1.54, 1.807) is 13.0 Å². The molecule has 0 radical (unpaired) electrons. The highest BCUT2D eigenvalue weighted by Gasteiger charge is 2.30. The van der Waals surface area contributed by atoms with Crippen molar-refractivity contribution in [2.45, 2.75) is 52.2 Å². The molecule has 6 heteroatoms. The Morgan fingerprint density at radius 2 is 2.26 bits per heavy atom. The van der Waals surface area contributed by atoms with Crippen LogP contribution in [0, 0.1) is 5.92 Å². The fourth-order valence-electron chi connectivity index (χ4n) is 2.80. The lowest BCUT2D eigenvalue weighted by molar-refractivity contribution is 0.0681. The Morgan fingerprint density at radius 1 is 1.52 bits per heavy atom. The van der Waals surface area contributed by atoms with Gasteiger partial charge in [0.1, 0.15) is 5.02 Å². The zero-order chi connectivity index (χ0) is 17.0. The van der Waals surface area contributed by atoms with Gasteiger partial charge < -0.3 is 14.7 Å². The van der Waals surface area contributed by atoms with Gasteiger partial charge in [-0.1, -0.05) is 25.4 Å². The third-order valence-corrected chi connectivity index (χ3v) is 4.13. The van der Waals surface area contributed by atoms with Crippen LogP contribution in [0.1, 0.15) is 50.4 Å². The van der Waals surface area contributed by atoms with Gasteiger partial charge in [-0.25, -0.2) is 4.98 Å². The molecule has 5 nitrogen and oxygen atoms in total. The monoisotopic (exact) mass is 340 g/mol. The predicted octanol–water partition coefficient (Wildman–Crippen LogP) is 3.15. The molecule has 1 aromatic rings. The second-order valence-electron chi connectivity index (χ2n) is 6.60. The highest BCUT2D eigenvalue weighted by atomic mass is 35.5. The molecule has 128 valence electrons. The summed E-state index contributed by atoms with van der Waals surface area (Å²) in [4.78, 5) is 18.7. The third kappa shape index (κ3) is 4.82. The zero-order valence-corrected chi connectivity index (χ0v) is 14.7. The average Bonchev–Trinajstić information content (AvgIpc) is 2.92. The summed E-state index contributed by atoms with van der Waals surface area (Å²) >= 11 is 6.19. The Balaban J connectivity index is 2.08. The minimum atomic E-state index is -0.415. The molecule has 23 heavy (non-hydrogen) atoms. The summed E-state index contributed by atoms with van der Waals surface area (Å²) in [5.41, 5.74) is 0.462. The topological polar surface area (TPSA) is 62.7 Å². The van der Waals surface area contributed by atoms with Crippen molar-refractivity contribution in [1.82, 2.24) is 9.88 Å². The SMILES string of the molecule is CC(C)COc1ncc(C(=O)N2CCCC2CC(C)O)cc1Cl. The van der Waals surface area contributed by atoms with Crippen LogP contribution in [-0.2, 0) is 0 Å². The Bertz CT molecular complexity index is 549. The van der Waals surface area contributed by atoms with Crippen LogP contribution in [0.25, 0.3) is 0 Å². The summed E-state index contributed by atoms with van der Waals surface area (Å²) < 4.78 is 5.53. The van der Waals surface area contributed by atoms with E-state index in [4.69, 9.17) is 16.3 Å². The molecule has 1 aromatic heterocycles. The molecule has 1 aliphatic heterocycles. The molecule has 0 bridgehead atoms. The molecule has 2 rings (SSSR count). The minimum absolute atomic E-state index is 0.0816. The highest BCUT2D eigenvalue weighted by Crippen LogP contribution is 2.27. The molecule has 2 heterocycles. The number of amides is 1. The fraction of sp³-hybridized carbons (Fsp3) is 0.647. The van der Waals surface area contributed by atoms with E-state index in [0.29, 0.717) is 42.0 Å². The molecule has 1 fully saturated rings. The maximum absolute atomic E-state index is 12.7. The van der Waals surface area contributed by atoms with Crippen LogP contribution in [0.4, 0.5) is 0 Å². The predicted molar refractivity (Wildman–Crippen MR) is 89.9 cm³/mol. The maximum atomic E-state index is 12.7. The number of likely N-dealkylation sites (tertiary alicyclic amines) is 1. The van der Waals surface area contributed by atoms with E-state index < -0.39 is 6.10 Å². The van der Waals surface area contributed by atoms with Gasteiger partial charge in [-0.2, -0.15) is 0 Å². The van der Waals surface area contributed by atoms with Crippen molar-refractivity contribution >= 4 is 17.5 Å². The molecule has 1 aliphatic rings. The number of rotatable bonds is 6. The van der Waals surface area contributed by atoms with Crippen LogP contribution in [-0.4, -0.2) is 46.2 Å². The van der Waals surface area contributed by atoms with Gasteiger partial charge in [0.2, 0.25) is 5.88 Å². The number of carbonyl (C=O) groups is 1. The van der Waals surface area contributed by atoms with Crippen LogP contribution in [0.15, 0.2) is 12.3 Å². The van der Waals surface area contributed by atoms with E-state index in [2.05, 4.69) is 4.98 Å². The van der Waals surface area contributed by atoms with Gasteiger partial charge in [0.15, 0.2) is 0 Å². The van der Waals surface area contributed by atoms with Gasteiger partial charge in [-0.05, 0) is 38.2 Å². The number of halogens is 1. The Morgan fingerprint density at radius 3 is 2.87 bits per heavy atom. The minimum Gasteiger partial charge on any atom is -0.476 e. The smallest absolute Gasteiger partial charge is 0.255 e. The van der Waals surface area contributed by atoms with E-state index in [0.717, 1.165) is 12.8 Å². The van der Waals surface area contributed by atoms with Gasteiger partial charge >= 0.3 is 0 Å². The number of aliphatic hydroxyl groups is 1. The first-order valence-electron chi connectivity index (χ1n) is 8.16. The Kier molecular flexibility index (Phi) is 6.25. The number of aliphatic hydroxyl groups excluding tert-OH is 1. The molecule has 2 atom stereocenters. The summed E-state index contributed by atoms with van der Waals surface area (Å²) in [5.74, 6) is 0.650. The third-order valence-electron chi connectivity index (χ3n) is 3.86. The van der Waals surface area contributed by atoms with Crippen LogP contribution in [0.5, 0.6) is 5.88 Å². The van der Waals surface area contributed by atoms with Crippen LogP contribution >= 0.6 is 11.6 Å². The first kappa shape index (κ1) is 18.0. The lowest BCUT2D eigenvalue weighted by Gasteiger charge is -2.25. The van der Waals surface area contributed by atoms with E-state index in [1.807, 2.05) is 18.7 Å². The highest BCUT2D eigenvalue weighted by molar-refractivity contribution is 6.32. The maximum Gasteiger partial charge on any atom is 0.255 e. The number of hydrogen-bond acceptors (Lipinski definition) is 4. The molecular formula is C17H25ClN2O3. The molecular weight excluding hydrogens is 316 g/mol. The van der Waals surface area contributed by atoms with Gasteiger partial charge in [0.05, 0.1) is 18.3 Å². The molecule has 0 spiro atoms. The van der Waals surface area contributed by atoms with Gasteiger partial charge in [-0.3, -0.25) is 4.79 Å². The summed E-state index contributed by atoms with van der Waals surface area (Å²) in [7, 11) is 0. The lowest BCUT2D eigenvalue weighted by atomic mass is 10.1. The second-order valence-corrected chi connectivity index (χ2v) is 7.00. The van der Waals surface area contributed by atoms with E-state index in [-0.39, 0.29) is 11.9 Å². The van der Waals surface area contributed by atoms with Gasteiger partial charge in [0.25, 0.3) is 5.91 Å². The van der Waals surface area contributed by atoms with E-state index >= 15 is 0 Å². The largest absolute Gasteiger partial charge is 0.476 e. The molecule has 0 aliphatic carbocycles. The second kappa shape index (κ2) is 7.97. The normalized spacial score (nSPS) is 19.2. The summed E-state index contributed by atoms with van der Waals surface area (Å²) in [6.45, 7) is 7.07. The summed E-state index contributed by atoms with van der Waals surface area (Å²) in [6, 6.07) is 1.70. The molecule has 2 unspecified atom stereocenters.